The zero-order valence-corrected chi connectivity index (χ0v) is 17.5. The smallest absolute Gasteiger partial charge is 0.289 e. The van der Waals surface area contributed by atoms with Crippen LogP contribution >= 0.6 is 0 Å². The van der Waals surface area contributed by atoms with Crippen molar-refractivity contribution in [1.29, 1.82) is 0 Å². The Kier molecular flexibility index (Phi) is 6.57. The number of rotatable bonds is 8. The number of carbonyl (C=O) groups excluding carboxylic acids is 1. The molecule has 0 aliphatic carbocycles. The van der Waals surface area contributed by atoms with Crippen molar-refractivity contribution in [2.75, 3.05) is 7.11 Å². The van der Waals surface area contributed by atoms with Gasteiger partial charge in [-0.3, -0.25) is 9.89 Å². The lowest BCUT2D eigenvalue weighted by Crippen LogP contribution is -2.18. The second kappa shape index (κ2) is 10.1. The molecule has 2 N–H and O–H groups in total. The Hall–Kier alpha value is -4.39. The number of H-pyrrole nitrogens is 1. The van der Waals surface area contributed by atoms with Gasteiger partial charge in [-0.25, -0.2) is 5.43 Å². The molecule has 0 radical (unpaired) electrons. The second-order valence-corrected chi connectivity index (χ2v) is 6.94. The maximum Gasteiger partial charge on any atom is 0.289 e. The minimum Gasteiger partial charge on any atom is -0.497 e. The highest BCUT2D eigenvalue weighted by Crippen LogP contribution is 2.22. The van der Waals surface area contributed by atoms with E-state index in [2.05, 4.69) is 20.7 Å². The summed E-state index contributed by atoms with van der Waals surface area (Å²) in [7, 11) is 1.60. The highest BCUT2D eigenvalue weighted by atomic mass is 16.5. The number of hydrogen-bond acceptors (Lipinski definition) is 5. The summed E-state index contributed by atoms with van der Waals surface area (Å²) in [5, 5.41) is 11.0. The lowest BCUT2D eigenvalue weighted by Gasteiger charge is -2.06. The molecule has 3 aromatic carbocycles. The molecule has 0 aliphatic rings. The van der Waals surface area contributed by atoms with Gasteiger partial charge in [-0.2, -0.15) is 10.2 Å². The minimum absolute atomic E-state index is 0.312. The molecule has 1 aromatic heterocycles. The summed E-state index contributed by atoms with van der Waals surface area (Å²) in [6.45, 7) is 0.503. The van der Waals surface area contributed by atoms with Crippen LogP contribution in [0.25, 0.3) is 11.3 Å². The molecule has 1 heterocycles. The number of aromatic amines is 1. The molecule has 1 amide bonds. The summed E-state index contributed by atoms with van der Waals surface area (Å²) in [4.78, 5) is 12.3. The Morgan fingerprint density at radius 2 is 1.81 bits per heavy atom. The van der Waals surface area contributed by atoms with E-state index in [0.29, 0.717) is 18.0 Å². The largest absolute Gasteiger partial charge is 0.497 e. The number of ether oxygens (including phenoxy) is 2. The zero-order chi connectivity index (χ0) is 22.2. The van der Waals surface area contributed by atoms with Crippen molar-refractivity contribution in [2.45, 2.75) is 6.61 Å². The highest BCUT2D eigenvalue weighted by molar-refractivity contribution is 5.94. The number of hydrogen-bond donors (Lipinski definition) is 2. The van der Waals surface area contributed by atoms with Gasteiger partial charge in [-0.15, -0.1) is 0 Å². The van der Waals surface area contributed by atoms with Crippen LogP contribution in [0.5, 0.6) is 11.5 Å². The predicted molar refractivity (Wildman–Crippen MR) is 123 cm³/mol. The molecule has 0 unspecified atom stereocenters. The Morgan fingerprint density at radius 3 is 2.59 bits per heavy atom. The predicted octanol–water partition coefficient (Wildman–Crippen LogP) is 4.43. The van der Waals surface area contributed by atoms with Crippen molar-refractivity contribution < 1.29 is 14.3 Å². The molecule has 0 aliphatic heterocycles. The maximum atomic E-state index is 12.3. The van der Waals surface area contributed by atoms with Crippen LogP contribution in [-0.2, 0) is 6.61 Å². The molecule has 0 bridgehead atoms. The Balaban J connectivity index is 1.34. The van der Waals surface area contributed by atoms with Crippen molar-refractivity contribution in [2.24, 2.45) is 5.10 Å². The van der Waals surface area contributed by atoms with E-state index in [1.165, 1.54) is 0 Å². The van der Waals surface area contributed by atoms with Crippen LogP contribution in [0, 0.1) is 0 Å². The van der Waals surface area contributed by atoms with Crippen LogP contribution < -0.4 is 14.9 Å². The number of hydrazone groups is 1. The summed E-state index contributed by atoms with van der Waals surface area (Å²) >= 11 is 0. The van der Waals surface area contributed by atoms with Crippen molar-refractivity contribution in [3.63, 3.8) is 0 Å². The number of carbonyl (C=O) groups is 1. The van der Waals surface area contributed by atoms with Gasteiger partial charge in [0.05, 0.1) is 19.0 Å². The Labute approximate surface area is 185 Å². The van der Waals surface area contributed by atoms with Gasteiger partial charge in [0.1, 0.15) is 23.8 Å². The van der Waals surface area contributed by atoms with Crippen LogP contribution in [0.1, 0.15) is 21.6 Å². The number of aromatic nitrogens is 2. The maximum absolute atomic E-state index is 12.3. The average molecular weight is 426 g/mol. The van der Waals surface area contributed by atoms with E-state index in [1.807, 2.05) is 78.9 Å². The van der Waals surface area contributed by atoms with Crippen LogP contribution in [0.3, 0.4) is 0 Å². The summed E-state index contributed by atoms with van der Waals surface area (Å²) in [6.07, 6.45) is 1.55. The molecule has 32 heavy (non-hydrogen) atoms. The molecule has 7 nitrogen and oxygen atoms in total. The van der Waals surface area contributed by atoms with Gasteiger partial charge in [0.15, 0.2) is 0 Å². The summed E-state index contributed by atoms with van der Waals surface area (Å²) < 4.78 is 11.0. The van der Waals surface area contributed by atoms with Gasteiger partial charge >= 0.3 is 0 Å². The third-order valence-corrected chi connectivity index (χ3v) is 4.69. The van der Waals surface area contributed by atoms with Crippen molar-refractivity contribution in [3.05, 3.63) is 102 Å². The summed E-state index contributed by atoms with van der Waals surface area (Å²) in [6, 6.07) is 26.6. The fraction of sp³-hybridized carbons (Fsp3) is 0.0800. The average Bonchev–Trinajstić information content (AvgIpc) is 3.34. The molecule has 7 heteroatoms. The monoisotopic (exact) mass is 426 g/mol. The van der Waals surface area contributed by atoms with Crippen molar-refractivity contribution in [1.82, 2.24) is 15.6 Å². The first kappa shape index (κ1) is 20.9. The molecule has 4 rings (SSSR count). The molecule has 4 aromatic rings. The zero-order valence-electron chi connectivity index (χ0n) is 17.5. The van der Waals surface area contributed by atoms with Crippen LogP contribution in [0.4, 0.5) is 0 Å². The summed E-state index contributed by atoms with van der Waals surface area (Å²) in [5.74, 6) is 1.10. The van der Waals surface area contributed by atoms with Gasteiger partial charge in [-0.1, -0.05) is 42.5 Å². The number of nitrogens with one attached hydrogen (secondary N) is 2. The standard InChI is InChI=1S/C25H22N4O3/c1-31-22-9-5-8-19(14-22)16-26-29-25(30)24-15-23(27-28-24)20-10-12-21(13-11-20)32-17-18-6-3-2-4-7-18/h2-16H,17H2,1H3,(H,27,28)(H,29,30)/b26-16-. The molecule has 0 saturated carbocycles. The van der Waals surface area contributed by atoms with Gasteiger partial charge in [0.25, 0.3) is 5.91 Å². The van der Waals surface area contributed by atoms with E-state index in [1.54, 1.807) is 19.4 Å². The second-order valence-electron chi connectivity index (χ2n) is 6.94. The van der Waals surface area contributed by atoms with Gasteiger partial charge in [-0.05, 0) is 53.6 Å². The lowest BCUT2D eigenvalue weighted by atomic mass is 10.1. The van der Waals surface area contributed by atoms with E-state index in [9.17, 15) is 4.79 Å². The number of methoxy groups -OCH3 is 1. The molecule has 160 valence electrons. The van der Waals surface area contributed by atoms with Crippen LogP contribution in [-0.4, -0.2) is 29.4 Å². The topological polar surface area (TPSA) is 88.6 Å². The third-order valence-electron chi connectivity index (χ3n) is 4.69. The normalized spacial score (nSPS) is 10.8. The van der Waals surface area contributed by atoms with Gasteiger partial charge < -0.3 is 9.47 Å². The SMILES string of the molecule is COc1cccc(/C=N\NC(=O)c2cc(-c3ccc(OCc4ccccc4)cc3)n[nH]2)c1. The minimum atomic E-state index is -0.384. The van der Waals surface area contributed by atoms with E-state index >= 15 is 0 Å². The highest BCUT2D eigenvalue weighted by Gasteiger charge is 2.10. The number of nitrogens with zero attached hydrogens (tertiary/aromatic N) is 2. The molecule has 0 fully saturated rings. The summed E-state index contributed by atoms with van der Waals surface area (Å²) in [5.41, 5.74) is 6.24. The fourth-order valence-corrected chi connectivity index (χ4v) is 3.00. The van der Waals surface area contributed by atoms with E-state index in [4.69, 9.17) is 9.47 Å². The van der Waals surface area contributed by atoms with E-state index in [-0.39, 0.29) is 5.91 Å². The van der Waals surface area contributed by atoms with Gasteiger partial charge in [0, 0.05) is 5.56 Å². The first-order valence-corrected chi connectivity index (χ1v) is 10.0. The van der Waals surface area contributed by atoms with Crippen LogP contribution in [0.2, 0.25) is 0 Å². The first-order valence-electron chi connectivity index (χ1n) is 10.0. The molecule has 0 spiro atoms. The van der Waals surface area contributed by atoms with E-state index in [0.717, 1.165) is 28.2 Å². The number of benzene rings is 3. The fourth-order valence-electron chi connectivity index (χ4n) is 3.00. The lowest BCUT2D eigenvalue weighted by molar-refractivity contribution is 0.0950. The quantitative estimate of drug-likeness (QED) is 0.322. The Morgan fingerprint density at radius 1 is 1.00 bits per heavy atom. The van der Waals surface area contributed by atoms with E-state index < -0.39 is 0 Å². The van der Waals surface area contributed by atoms with Crippen molar-refractivity contribution in [3.8, 4) is 22.8 Å². The van der Waals surface area contributed by atoms with Gasteiger partial charge in [0.2, 0.25) is 0 Å². The molecular formula is C25H22N4O3. The molecule has 0 atom stereocenters. The Bertz CT molecular complexity index is 1200. The molecule has 0 saturated heterocycles. The third kappa shape index (κ3) is 5.40. The molecular weight excluding hydrogens is 404 g/mol. The number of amides is 1. The first-order chi connectivity index (χ1) is 15.7. The van der Waals surface area contributed by atoms with Crippen LogP contribution in [0.15, 0.2) is 90.0 Å². The van der Waals surface area contributed by atoms with Crippen molar-refractivity contribution >= 4 is 12.1 Å².